The molecule has 0 aromatic carbocycles. The lowest BCUT2D eigenvalue weighted by Crippen LogP contribution is -2.13. The average molecular weight is 289 g/mol. The summed E-state index contributed by atoms with van der Waals surface area (Å²) in [6.07, 6.45) is 2.01. The average Bonchev–Trinajstić information content (AvgIpc) is 3.00. The number of hydrogen-bond donors (Lipinski definition) is 1. The molecule has 0 aliphatic heterocycles. The maximum Gasteiger partial charge on any atom is 0.282 e. The highest BCUT2D eigenvalue weighted by Gasteiger charge is 2.15. The molecule has 3 heterocycles. The Balaban J connectivity index is 1.99. The molecule has 0 bridgehead atoms. The zero-order valence-corrected chi connectivity index (χ0v) is 12.1. The van der Waals surface area contributed by atoms with Crippen LogP contribution in [0.5, 0.6) is 0 Å². The van der Waals surface area contributed by atoms with E-state index in [1.807, 2.05) is 24.4 Å². The topological polar surface area (TPSA) is 68.2 Å². The fraction of sp³-hybridized carbons (Fsp3) is 0.308. The number of rotatable bonds is 5. The summed E-state index contributed by atoms with van der Waals surface area (Å²) in [5, 5.41) is 12.6. The van der Waals surface area contributed by atoms with Crippen molar-refractivity contribution in [1.29, 1.82) is 0 Å². The summed E-state index contributed by atoms with van der Waals surface area (Å²) in [7, 11) is 0. The normalized spacial score (nSPS) is 11.3. The fourth-order valence-electron chi connectivity index (χ4n) is 1.91. The van der Waals surface area contributed by atoms with Gasteiger partial charge in [-0.2, -0.15) is 0 Å². The second-order valence-electron chi connectivity index (χ2n) is 4.26. The minimum atomic E-state index is 0.517. The highest BCUT2D eigenvalue weighted by molar-refractivity contribution is 7.99. The van der Waals surface area contributed by atoms with Gasteiger partial charge in [-0.25, -0.2) is 4.98 Å². The quantitative estimate of drug-likeness (QED) is 0.777. The van der Waals surface area contributed by atoms with Gasteiger partial charge in [-0.1, -0.05) is 13.0 Å². The molecule has 3 aromatic heterocycles. The fourth-order valence-corrected chi connectivity index (χ4v) is 2.75. The Hall–Kier alpha value is -1.86. The van der Waals surface area contributed by atoms with Gasteiger partial charge >= 0.3 is 0 Å². The molecule has 0 aliphatic rings. The van der Waals surface area contributed by atoms with Gasteiger partial charge in [0.1, 0.15) is 10.7 Å². The molecule has 0 radical (unpaired) electrons. The van der Waals surface area contributed by atoms with E-state index in [4.69, 9.17) is 4.42 Å². The van der Waals surface area contributed by atoms with Gasteiger partial charge in [0, 0.05) is 19.7 Å². The molecule has 0 saturated carbocycles. The van der Waals surface area contributed by atoms with Crippen LogP contribution in [0.15, 0.2) is 39.1 Å². The summed E-state index contributed by atoms with van der Waals surface area (Å²) in [6.45, 7) is 5.51. The van der Waals surface area contributed by atoms with Crippen LogP contribution in [-0.2, 0) is 6.54 Å². The maximum absolute atomic E-state index is 5.41. The van der Waals surface area contributed by atoms with E-state index in [1.165, 1.54) is 11.8 Å². The van der Waals surface area contributed by atoms with Crippen LogP contribution >= 0.6 is 11.8 Å². The smallest absolute Gasteiger partial charge is 0.282 e. The molecule has 104 valence electrons. The minimum absolute atomic E-state index is 0.517. The first kappa shape index (κ1) is 13.1. The van der Waals surface area contributed by atoms with E-state index in [-0.39, 0.29) is 0 Å². The van der Waals surface area contributed by atoms with Crippen molar-refractivity contribution in [2.45, 2.75) is 30.6 Å². The van der Waals surface area contributed by atoms with Crippen LogP contribution in [0.2, 0.25) is 0 Å². The maximum atomic E-state index is 5.41. The molecule has 7 heteroatoms. The first-order chi connectivity index (χ1) is 9.78. The van der Waals surface area contributed by atoms with E-state index in [0.717, 1.165) is 29.5 Å². The minimum Gasteiger partial charge on any atom is -0.416 e. The lowest BCUT2D eigenvalue weighted by Gasteiger charge is -2.03. The Morgan fingerprint density at radius 1 is 1.35 bits per heavy atom. The molecule has 0 spiro atoms. The second-order valence-corrected chi connectivity index (χ2v) is 5.20. The third-order valence-corrected chi connectivity index (χ3v) is 3.69. The largest absolute Gasteiger partial charge is 0.416 e. The van der Waals surface area contributed by atoms with E-state index in [9.17, 15) is 0 Å². The van der Waals surface area contributed by atoms with Crippen molar-refractivity contribution in [3.05, 3.63) is 36.0 Å². The second kappa shape index (κ2) is 5.64. The summed E-state index contributed by atoms with van der Waals surface area (Å²) in [5.41, 5.74) is 2.02. The van der Waals surface area contributed by atoms with Crippen LogP contribution in [0.3, 0.4) is 0 Å². The van der Waals surface area contributed by atoms with Crippen LogP contribution in [0.25, 0.3) is 5.65 Å². The van der Waals surface area contributed by atoms with Crippen molar-refractivity contribution < 1.29 is 4.42 Å². The highest BCUT2D eigenvalue weighted by atomic mass is 32.2. The Labute approximate surface area is 120 Å². The van der Waals surface area contributed by atoms with E-state index in [0.29, 0.717) is 11.1 Å². The van der Waals surface area contributed by atoms with Crippen molar-refractivity contribution in [1.82, 2.24) is 24.9 Å². The van der Waals surface area contributed by atoms with Gasteiger partial charge in [0.05, 0.1) is 5.69 Å². The highest BCUT2D eigenvalue weighted by Crippen LogP contribution is 2.29. The SMILES string of the molecule is CCNCc1c(Sc2nnc(C)o2)nc2ccccn12. The lowest BCUT2D eigenvalue weighted by molar-refractivity contribution is 0.429. The Kier molecular flexibility index (Phi) is 3.70. The molecule has 0 unspecified atom stereocenters. The van der Waals surface area contributed by atoms with E-state index in [1.54, 1.807) is 6.92 Å². The Morgan fingerprint density at radius 2 is 2.25 bits per heavy atom. The van der Waals surface area contributed by atoms with Crippen molar-refractivity contribution in [3.63, 3.8) is 0 Å². The zero-order chi connectivity index (χ0) is 13.9. The molecule has 6 nitrogen and oxygen atoms in total. The molecule has 0 fully saturated rings. The summed E-state index contributed by atoms with van der Waals surface area (Å²) in [5.74, 6) is 0.560. The molecular weight excluding hydrogens is 274 g/mol. The number of nitrogens with one attached hydrogen (secondary N) is 1. The van der Waals surface area contributed by atoms with Gasteiger partial charge in [-0.3, -0.25) is 0 Å². The summed E-state index contributed by atoms with van der Waals surface area (Å²) in [6, 6.07) is 5.96. The van der Waals surface area contributed by atoms with Crippen LogP contribution in [0, 0.1) is 6.92 Å². The molecule has 0 aliphatic carbocycles. The van der Waals surface area contributed by atoms with Crippen LogP contribution in [-0.4, -0.2) is 26.1 Å². The van der Waals surface area contributed by atoms with Crippen LogP contribution in [0.4, 0.5) is 0 Å². The monoisotopic (exact) mass is 289 g/mol. The van der Waals surface area contributed by atoms with Crippen molar-refractivity contribution in [3.8, 4) is 0 Å². The molecule has 3 rings (SSSR count). The molecule has 0 saturated heterocycles. The third kappa shape index (κ3) is 2.54. The van der Waals surface area contributed by atoms with Gasteiger partial charge in [0.15, 0.2) is 0 Å². The first-order valence-corrected chi connectivity index (χ1v) is 7.24. The number of fused-ring (bicyclic) bond motifs is 1. The molecule has 20 heavy (non-hydrogen) atoms. The van der Waals surface area contributed by atoms with Gasteiger partial charge in [-0.15, -0.1) is 10.2 Å². The van der Waals surface area contributed by atoms with Gasteiger partial charge in [-0.05, 0) is 30.4 Å². The predicted octanol–water partition coefficient (Wildman–Crippen LogP) is 2.29. The molecule has 3 aromatic rings. The summed E-state index contributed by atoms with van der Waals surface area (Å²) in [4.78, 5) is 4.63. The van der Waals surface area contributed by atoms with Crippen LogP contribution in [0.1, 0.15) is 18.5 Å². The Morgan fingerprint density at radius 3 is 3.00 bits per heavy atom. The number of aromatic nitrogens is 4. The van der Waals surface area contributed by atoms with E-state index in [2.05, 4.69) is 31.8 Å². The van der Waals surface area contributed by atoms with Gasteiger partial charge < -0.3 is 14.1 Å². The summed E-state index contributed by atoms with van der Waals surface area (Å²) >= 11 is 1.40. The Bertz CT molecular complexity index is 720. The standard InChI is InChI=1S/C13H15N5OS/c1-3-14-8-10-12(20-13-17-16-9(2)19-13)15-11-6-4-5-7-18(10)11/h4-7,14H,3,8H2,1-2H3. The van der Waals surface area contributed by atoms with E-state index < -0.39 is 0 Å². The summed E-state index contributed by atoms with van der Waals surface area (Å²) < 4.78 is 7.49. The first-order valence-electron chi connectivity index (χ1n) is 6.42. The lowest BCUT2D eigenvalue weighted by atomic mass is 10.4. The third-order valence-electron chi connectivity index (χ3n) is 2.83. The number of aryl methyl sites for hydroxylation is 1. The molecular formula is C13H15N5OS. The van der Waals surface area contributed by atoms with Crippen LogP contribution < -0.4 is 5.32 Å². The molecule has 0 atom stereocenters. The van der Waals surface area contributed by atoms with Crippen molar-refractivity contribution >= 4 is 17.4 Å². The van der Waals surface area contributed by atoms with Gasteiger partial charge in [0.25, 0.3) is 5.22 Å². The van der Waals surface area contributed by atoms with Gasteiger partial charge in [0.2, 0.25) is 5.89 Å². The van der Waals surface area contributed by atoms with E-state index >= 15 is 0 Å². The number of imidazole rings is 1. The predicted molar refractivity (Wildman–Crippen MR) is 75.7 cm³/mol. The molecule has 1 N–H and O–H groups in total. The number of hydrogen-bond acceptors (Lipinski definition) is 6. The zero-order valence-electron chi connectivity index (χ0n) is 11.3. The number of nitrogens with zero attached hydrogens (tertiary/aromatic N) is 4. The number of pyridine rings is 1. The van der Waals surface area contributed by atoms with Crippen molar-refractivity contribution in [2.75, 3.05) is 6.54 Å². The van der Waals surface area contributed by atoms with Crippen molar-refractivity contribution in [2.24, 2.45) is 0 Å². The molecule has 0 amide bonds.